The molecule has 0 aliphatic rings. The number of hydrogen-bond acceptors (Lipinski definition) is 6. The fourth-order valence-corrected chi connectivity index (χ4v) is 5.19. The lowest BCUT2D eigenvalue weighted by Gasteiger charge is -2.10. The molecule has 7 heteroatoms. The predicted octanol–water partition coefficient (Wildman–Crippen LogP) is 7.79. The number of hydrogen-bond donors (Lipinski definition) is 1. The fraction of sp³-hybridized carbons (Fsp3) is 0.0625. The highest BCUT2D eigenvalue weighted by molar-refractivity contribution is 7.91. The molecule has 0 bridgehead atoms. The van der Waals surface area contributed by atoms with E-state index in [0.29, 0.717) is 23.0 Å². The van der Waals surface area contributed by atoms with Gasteiger partial charge in [0, 0.05) is 6.07 Å². The SMILES string of the molecule is COc1ccc(-c2ccc(Oc3ccc(S(=O)(=O)c4ccc(Oc5ccc(C)c(O)c5)cc4)cc3)cc2)cc1. The van der Waals surface area contributed by atoms with Crippen molar-refractivity contribution in [3.63, 3.8) is 0 Å². The quantitative estimate of drug-likeness (QED) is 0.217. The van der Waals surface area contributed by atoms with Crippen molar-refractivity contribution in [3.8, 4) is 45.6 Å². The first kappa shape index (κ1) is 25.9. The fourth-order valence-electron chi connectivity index (χ4n) is 3.93. The van der Waals surface area contributed by atoms with Gasteiger partial charge in [-0.3, -0.25) is 0 Å². The van der Waals surface area contributed by atoms with E-state index in [-0.39, 0.29) is 15.5 Å². The Kier molecular flexibility index (Phi) is 7.25. The number of rotatable bonds is 8. The molecule has 0 saturated carbocycles. The maximum atomic E-state index is 13.1. The predicted molar refractivity (Wildman–Crippen MR) is 150 cm³/mol. The number of sulfone groups is 1. The van der Waals surface area contributed by atoms with Gasteiger partial charge in [0.2, 0.25) is 9.84 Å². The summed E-state index contributed by atoms with van der Waals surface area (Å²) in [6.07, 6.45) is 0. The van der Waals surface area contributed by atoms with Crippen molar-refractivity contribution in [2.45, 2.75) is 16.7 Å². The first-order valence-electron chi connectivity index (χ1n) is 12.2. The summed E-state index contributed by atoms with van der Waals surface area (Å²) < 4.78 is 43.1. The minimum Gasteiger partial charge on any atom is -0.508 e. The van der Waals surface area contributed by atoms with E-state index < -0.39 is 9.84 Å². The Balaban J connectivity index is 1.25. The zero-order chi connectivity index (χ0) is 27.4. The second-order valence-electron chi connectivity index (χ2n) is 8.85. The number of aryl methyl sites for hydroxylation is 1. The molecule has 5 aromatic rings. The van der Waals surface area contributed by atoms with Crippen LogP contribution in [0.1, 0.15) is 5.56 Å². The van der Waals surface area contributed by atoms with E-state index in [0.717, 1.165) is 22.4 Å². The summed E-state index contributed by atoms with van der Waals surface area (Å²) >= 11 is 0. The van der Waals surface area contributed by atoms with Gasteiger partial charge in [0.1, 0.15) is 34.5 Å². The van der Waals surface area contributed by atoms with Gasteiger partial charge in [-0.15, -0.1) is 0 Å². The maximum absolute atomic E-state index is 13.1. The highest BCUT2D eigenvalue weighted by Crippen LogP contribution is 2.31. The third kappa shape index (κ3) is 5.89. The number of phenols is 1. The minimum absolute atomic E-state index is 0.129. The van der Waals surface area contributed by atoms with Gasteiger partial charge >= 0.3 is 0 Å². The topological polar surface area (TPSA) is 82.1 Å². The van der Waals surface area contributed by atoms with Crippen molar-refractivity contribution >= 4 is 9.84 Å². The van der Waals surface area contributed by atoms with Crippen LogP contribution in [0, 0.1) is 6.92 Å². The zero-order valence-electron chi connectivity index (χ0n) is 21.4. The highest BCUT2D eigenvalue weighted by Gasteiger charge is 2.18. The molecule has 1 N–H and O–H groups in total. The van der Waals surface area contributed by atoms with Crippen LogP contribution in [-0.2, 0) is 9.84 Å². The van der Waals surface area contributed by atoms with E-state index in [1.165, 1.54) is 30.3 Å². The molecule has 0 aromatic heterocycles. The lowest BCUT2D eigenvalue weighted by atomic mass is 10.1. The average molecular weight is 539 g/mol. The van der Waals surface area contributed by atoms with Crippen molar-refractivity contribution < 1.29 is 27.7 Å². The molecule has 5 aromatic carbocycles. The molecule has 0 amide bonds. The van der Waals surface area contributed by atoms with Crippen molar-refractivity contribution in [1.82, 2.24) is 0 Å². The summed E-state index contributed by atoms with van der Waals surface area (Å²) in [6, 6.07) is 32.9. The van der Waals surface area contributed by atoms with E-state index in [9.17, 15) is 13.5 Å². The van der Waals surface area contributed by atoms with E-state index in [4.69, 9.17) is 14.2 Å². The number of phenolic OH excluding ortho intramolecular Hbond substituents is 1. The molecule has 0 aliphatic carbocycles. The van der Waals surface area contributed by atoms with Gasteiger partial charge in [-0.05, 0) is 102 Å². The number of ether oxygens (including phenoxy) is 3. The molecule has 0 unspecified atom stereocenters. The van der Waals surface area contributed by atoms with Crippen molar-refractivity contribution in [1.29, 1.82) is 0 Å². The van der Waals surface area contributed by atoms with Gasteiger partial charge < -0.3 is 19.3 Å². The number of methoxy groups -OCH3 is 1. The van der Waals surface area contributed by atoms with E-state index in [1.807, 2.05) is 48.5 Å². The van der Waals surface area contributed by atoms with E-state index in [1.54, 1.807) is 50.4 Å². The van der Waals surface area contributed by atoms with Crippen LogP contribution < -0.4 is 14.2 Å². The third-order valence-corrected chi connectivity index (χ3v) is 7.98. The first-order chi connectivity index (χ1) is 18.8. The van der Waals surface area contributed by atoms with Gasteiger partial charge in [-0.2, -0.15) is 0 Å². The molecular formula is C32H26O6S. The Morgan fingerprint density at radius 2 is 0.923 bits per heavy atom. The molecular weight excluding hydrogens is 512 g/mol. The number of benzene rings is 5. The minimum atomic E-state index is -3.73. The standard InChI is InChI=1S/C32H26O6S/c1-22-3-8-29(21-32(22)33)38-28-15-19-31(20-16-28)39(34,35)30-17-13-27(14-18-30)37-26-11-6-24(7-12-26)23-4-9-25(36-2)10-5-23/h3-21,33H,1-2H3. The Morgan fingerprint density at radius 3 is 1.36 bits per heavy atom. The summed E-state index contributed by atoms with van der Waals surface area (Å²) in [7, 11) is -2.10. The maximum Gasteiger partial charge on any atom is 0.206 e. The van der Waals surface area contributed by atoms with Crippen molar-refractivity contribution in [2.75, 3.05) is 7.11 Å². The van der Waals surface area contributed by atoms with Gasteiger partial charge in [0.25, 0.3) is 0 Å². The summed E-state index contributed by atoms with van der Waals surface area (Å²) in [5, 5.41) is 9.85. The summed E-state index contributed by atoms with van der Waals surface area (Å²) in [4.78, 5) is 0.297. The largest absolute Gasteiger partial charge is 0.508 e. The molecule has 0 aliphatic heterocycles. The molecule has 0 radical (unpaired) electrons. The first-order valence-corrected chi connectivity index (χ1v) is 13.7. The Morgan fingerprint density at radius 1 is 0.538 bits per heavy atom. The smallest absolute Gasteiger partial charge is 0.206 e. The van der Waals surface area contributed by atoms with Gasteiger partial charge in [0.15, 0.2) is 0 Å². The molecule has 39 heavy (non-hydrogen) atoms. The lowest BCUT2D eigenvalue weighted by Crippen LogP contribution is -2.01. The molecule has 0 fully saturated rings. The Bertz CT molecular complexity index is 1670. The zero-order valence-corrected chi connectivity index (χ0v) is 22.2. The normalized spacial score (nSPS) is 11.1. The van der Waals surface area contributed by atoms with Gasteiger partial charge in [-0.1, -0.05) is 30.3 Å². The van der Waals surface area contributed by atoms with Crippen LogP contribution >= 0.6 is 0 Å². The molecule has 5 rings (SSSR count). The van der Waals surface area contributed by atoms with Crippen LogP contribution in [0.4, 0.5) is 0 Å². The molecule has 0 atom stereocenters. The van der Waals surface area contributed by atoms with E-state index >= 15 is 0 Å². The van der Waals surface area contributed by atoms with Crippen LogP contribution in [-0.4, -0.2) is 20.6 Å². The molecule has 0 spiro atoms. The van der Waals surface area contributed by atoms with Crippen LogP contribution in [0.2, 0.25) is 0 Å². The van der Waals surface area contributed by atoms with Crippen molar-refractivity contribution in [2.24, 2.45) is 0 Å². The Hall–Kier alpha value is -4.75. The summed E-state index contributed by atoms with van der Waals surface area (Å²) in [6.45, 7) is 1.79. The third-order valence-electron chi connectivity index (χ3n) is 6.20. The van der Waals surface area contributed by atoms with Crippen LogP contribution in [0.15, 0.2) is 125 Å². The van der Waals surface area contributed by atoms with Crippen LogP contribution in [0.5, 0.6) is 34.5 Å². The van der Waals surface area contributed by atoms with Gasteiger partial charge in [-0.25, -0.2) is 8.42 Å². The highest BCUT2D eigenvalue weighted by atomic mass is 32.2. The number of aromatic hydroxyl groups is 1. The van der Waals surface area contributed by atoms with E-state index in [2.05, 4.69) is 0 Å². The summed E-state index contributed by atoms with van der Waals surface area (Å²) in [5.41, 5.74) is 2.84. The van der Waals surface area contributed by atoms with Crippen molar-refractivity contribution in [3.05, 3.63) is 121 Å². The molecule has 196 valence electrons. The molecule has 0 heterocycles. The molecule has 0 saturated heterocycles. The monoisotopic (exact) mass is 538 g/mol. The molecule has 6 nitrogen and oxygen atoms in total. The van der Waals surface area contributed by atoms with Crippen LogP contribution in [0.3, 0.4) is 0 Å². The summed E-state index contributed by atoms with van der Waals surface area (Å²) in [5.74, 6) is 3.01. The van der Waals surface area contributed by atoms with Crippen LogP contribution in [0.25, 0.3) is 11.1 Å². The lowest BCUT2D eigenvalue weighted by molar-refractivity contribution is 0.415. The average Bonchev–Trinajstić information content (AvgIpc) is 2.96. The van der Waals surface area contributed by atoms with Gasteiger partial charge in [0.05, 0.1) is 16.9 Å². The Labute approximate surface area is 227 Å². The second-order valence-corrected chi connectivity index (χ2v) is 10.8. The second kappa shape index (κ2) is 10.9.